The lowest BCUT2D eigenvalue weighted by Crippen LogP contribution is -2.38. The molecule has 0 aromatic rings. The SMILES string of the molecule is CC(C)CCOC1CCOC(C)(C)C1. The highest BCUT2D eigenvalue weighted by atomic mass is 16.5. The molecule has 0 aliphatic carbocycles. The van der Waals surface area contributed by atoms with E-state index in [0.717, 1.165) is 38.4 Å². The number of ether oxygens (including phenoxy) is 2. The number of rotatable bonds is 4. The van der Waals surface area contributed by atoms with Gasteiger partial charge in [-0.15, -0.1) is 0 Å². The molecule has 1 heterocycles. The zero-order valence-corrected chi connectivity index (χ0v) is 10.0. The molecule has 0 radical (unpaired) electrons. The molecule has 2 nitrogen and oxygen atoms in total. The molecular formula is C12H24O2. The Morgan fingerprint density at radius 1 is 1.43 bits per heavy atom. The van der Waals surface area contributed by atoms with Gasteiger partial charge in [-0.3, -0.25) is 0 Å². The van der Waals surface area contributed by atoms with E-state index in [1.165, 1.54) is 0 Å². The zero-order chi connectivity index (χ0) is 10.6. The van der Waals surface area contributed by atoms with Gasteiger partial charge < -0.3 is 9.47 Å². The van der Waals surface area contributed by atoms with Crippen molar-refractivity contribution in [1.29, 1.82) is 0 Å². The van der Waals surface area contributed by atoms with E-state index < -0.39 is 0 Å². The molecule has 1 aliphatic heterocycles. The lowest BCUT2D eigenvalue weighted by molar-refractivity contribution is -0.116. The van der Waals surface area contributed by atoms with E-state index in [4.69, 9.17) is 9.47 Å². The molecule has 1 rings (SSSR count). The summed E-state index contributed by atoms with van der Waals surface area (Å²) < 4.78 is 11.5. The van der Waals surface area contributed by atoms with Crippen LogP contribution >= 0.6 is 0 Å². The first kappa shape index (κ1) is 12.0. The van der Waals surface area contributed by atoms with E-state index in [9.17, 15) is 0 Å². The fraction of sp³-hybridized carbons (Fsp3) is 1.00. The van der Waals surface area contributed by atoms with Crippen LogP contribution in [0.2, 0.25) is 0 Å². The Bertz CT molecular complexity index is 164. The Balaban J connectivity index is 2.18. The zero-order valence-electron chi connectivity index (χ0n) is 10.0. The van der Waals surface area contributed by atoms with Crippen molar-refractivity contribution in [3.63, 3.8) is 0 Å². The predicted molar refractivity (Wildman–Crippen MR) is 58.5 cm³/mol. The molecule has 84 valence electrons. The molecule has 0 saturated carbocycles. The summed E-state index contributed by atoms with van der Waals surface area (Å²) in [6.07, 6.45) is 3.67. The van der Waals surface area contributed by atoms with Crippen LogP contribution in [-0.2, 0) is 9.47 Å². The van der Waals surface area contributed by atoms with Crippen LogP contribution in [0, 0.1) is 5.92 Å². The molecule has 1 unspecified atom stereocenters. The van der Waals surface area contributed by atoms with Crippen molar-refractivity contribution < 1.29 is 9.47 Å². The summed E-state index contributed by atoms with van der Waals surface area (Å²) in [7, 11) is 0. The maximum atomic E-state index is 5.85. The second kappa shape index (κ2) is 5.13. The van der Waals surface area contributed by atoms with Crippen LogP contribution in [0.25, 0.3) is 0 Å². The highest BCUT2D eigenvalue weighted by Gasteiger charge is 2.29. The normalized spacial score (nSPS) is 26.8. The minimum atomic E-state index is 0.0146. The molecule has 0 aromatic carbocycles. The molecule has 2 heteroatoms. The van der Waals surface area contributed by atoms with Gasteiger partial charge in [0, 0.05) is 19.6 Å². The summed E-state index contributed by atoms with van der Waals surface area (Å²) in [6.45, 7) is 10.5. The van der Waals surface area contributed by atoms with Crippen LogP contribution in [0.4, 0.5) is 0 Å². The van der Waals surface area contributed by atoms with Crippen LogP contribution in [0.5, 0.6) is 0 Å². The molecular weight excluding hydrogens is 176 g/mol. The summed E-state index contributed by atoms with van der Waals surface area (Å²) >= 11 is 0. The highest BCUT2D eigenvalue weighted by Crippen LogP contribution is 2.26. The molecule has 1 atom stereocenters. The first-order valence-electron chi connectivity index (χ1n) is 5.75. The predicted octanol–water partition coefficient (Wildman–Crippen LogP) is 3.01. The van der Waals surface area contributed by atoms with E-state index in [2.05, 4.69) is 27.7 Å². The minimum Gasteiger partial charge on any atom is -0.378 e. The second-order valence-corrected chi connectivity index (χ2v) is 5.28. The van der Waals surface area contributed by atoms with Gasteiger partial charge in [-0.25, -0.2) is 0 Å². The summed E-state index contributed by atoms with van der Waals surface area (Å²) in [5.74, 6) is 0.739. The largest absolute Gasteiger partial charge is 0.378 e. The third kappa shape index (κ3) is 4.43. The Labute approximate surface area is 88.0 Å². The smallest absolute Gasteiger partial charge is 0.0651 e. The van der Waals surface area contributed by atoms with Gasteiger partial charge in [-0.2, -0.15) is 0 Å². The van der Waals surface area contributed by atoms with Crippen molar-refractivity contribution in [2.75, 3.05) is 13.2 Å². The van der Waals surface area contributed by atoms with E-state index >= 15 is 0 Å². The Morgan fingerprint density at radius 3 is 2.71 bits per heavy atom. The quantitative estimate of drug-likeness (QED) is 0.694. The van der Waals surface area contributed by atoms with Crippen LogP contribution < -0.4 is 0 Å². The molecule has 14 heavy (non-hydrogen) atoms. The number of hydrogen-bond acceptors (Lipinski definition) is 2. The Kier molecular flexibility index (Phi) is 4.39. The first-order valence-corrected chi connectivity index (χ1v) is 5.75. The maximum absolute atomic E-state index is 5.85. The van der Waals surface area contributed by atoms with Crippen molar-refractivity contribution >= 4 is 0 Å². The van der Waals surface area contributed by atoms with Gasteiger partial charge in [-0.05, 0) is 32.6 Å². The molecule has 0 aromatic heterocycles. The van der Waals surface area contributed by atoms with Crippen molar-refractivity contribution in [2.24, 2.45) is 5.92 Å². The monoisotopic (exact) mass is 200 g/mol. The van der Waals surface area contributed by atoms with Gasteiger partial charge in [0.05, 0.1) is 11.7 Å². The standard InChI is InChI=1S/C12H24O2/c1-10(2)5-7-13-11-6-8-14-12(3,4)9-11/h10-11H,5-9H2,1-4H3. The number of hydrogen-bond donors (Lipinski definition) is 0. The van der Waals surface area contributed by atoms with Gasteiger partial charge in [0.25, 0.3) is 0 Å². The van der Waals surface area contributed by atoms with E-state index in [1.807, 2.05) is 0 Å². The van der Waals surface area contributed by atoms with E-state index in [-0.39, 0.29) is 5.60 Å². The summed E-state index contributed by atoms with van der Waals surface area (Å²) in [5, 5.41) is 0. The fourth-order valence-electron chi connectivity index (χ4n) is 1.79. The average Bonchev–Trinajstić information content (AvgIpc) is 2.01. The molecule has 0 spiro atoms. The average molecular weight is 200 g/mol. The lowest BCUT2D eigenvalue weighted by Gasteiger charge is -2.35. The van der Waals surface area contributed by atoms with Gasteiger partial charge in [-0.1, -0.05) is 13.8 Å². The van der Waals surface area contributed by atoms with E-state index in [1.54, 1.807) is 0 Å². The maximum Gasteiger partial charge on any atom is 0.0651 e. The third-order valence-corrected chi connectivity index (χ3v) is 2.70. The minimum absolute atomic E-state index is 0.0146. The lowest BCUT2D eigenvalue weighted by atomic mass is 9.96. The molecule has 0 N–H and O–H groups in total. The van der Waals surface area contributed by atoms with Crippen molar-refractivity contribution in [3.05, 3.63) is 0 Å². The van der Waals surface area contributed by atoms with Gasteiger partial charge >= 0.3 is 0 Å². The molecule has 1 saturated heterocycles. The van der Waals surface area contributed by atoms with Crippen LogP contribution in [0.3, 0.4) is 0 Å². The molecule has 0 amide bonds. The Hall–Kier alpha value is -0.0800. The van der Waals surface area contributed by atoms with E-state index in [0.29, 0.717) is 6.10 Å². The highest BCUT2D eigenvalue weighted by molar-refractivity contribution is 4.79. The summed E-state index contributed by atoms with van der Waals surface area (Å²) in [4.78, 5) is 0. The van der Waals surface area contributed by atoms with Crippen LogP contribution in [-0.4, -0.2) is 24.9 Å². The fourth-order valence-corrected chi connectivity index (χ4v) is 1.79. The van der Waals surface area contributed by atoms with Gasteiger partial charge in [0.1, 0.15) is 0 Å². The van der Waals surface area contributed by atoms with Crippen LogP contribution in [0.15, 0.2) is 0 Å². The second-order valence-electron chi connectivity index (χ2n) is 5.28. The van der Waals surface area contributed by atoms with Gasteiger partial charge in [0.15, 0.2) is 0 Å². The molecule has 1 aliphatic rings. The Morgan fingerprint density at radius 2 is 2.14 bits per heavy atom. The first-order chi connectivity index (χ1) is 6.49. The van der Waals surface area contributed by atoms with Crippen molar-refractivity contribution in [1.82, 2.24) is 0 Å². The topological polar surface area (TPSA) is 18.5 Å². The molecule has 1 fully saturated rings. The van der Waals surface area contributed by atoms with Crippen molar-refractivity contribution in [3.8, 4) is 0 Å². The van der Waals surface area contributed by atoms with Crippen LogP contribution in [0.1, 0.15) is 47.0 Å². The third-order valence-electron chi connectivity index (χ3n) is 2.70. The van der Waals surface area contributed by atoms with Crippen molar-refractivity contribution in [2.45, 2.75) is 58.7 Å². The summed E-state index contributed by atoms with van der Waals surface area (Å²) in [6, 6.07) is 0. The van der Waals surface area contributed by atoms with Gasteiger partial charge in [0.2, 0.25) is 0 Å². The molecule has 0 bridgehead atoms. The summed E-state index contributed by atoms with van der Waals surface area (Å²) in [5.41, 5.74) is 0.0146.